The molecule has 2 atom stereocenters. The van der Waals surface area contributed by atoms with E-state index in [9.17, 15) is 4.21 Å². The summed E-state index contributed by atoms with van der Waals surface area (Å²) in [5, 5.41) is 3.48. The summed E-state index contributed by atoms with van der Waals surface area (Å²) >= 11 is 0. The summed E-state index contributed by atoms with van der Waals surface area (Å²) < 4.78 is 11.0. The minimum absolute atomic E-state index is 0.209. The topological polar surface area (TPSA) is 29.1 Å². The Bertz CT molecular complexity index is 406. The molecule has 0 bridgehead atoms. The summed E-state index contributed by atoms with van der Waals surface area (Å²) in [5.41, 5.74) is 2.89. The fraction of sp³-hybridized carbons (Fsp3) is 0.625. The smallest absolute Gasteiger partial charge is 0.0291 e. The van der Waals surface area contributed by atoms with Gasteiger partial charge in [0.15, 0.2) is 0 Å². The maximum atomic E-state index is 11.0. The van der Waals surface area contributed by atoms with Crippen molar-refractivity contribution >= 4 is 10.8 Å². The van der Waals surface area contributed by atoms with E-state index in [-0.39, 0.29) is 5.41 Å². The molecule has 0 aromatic heterocycles. The highest BCUT2D eigenvalue weighted by Gasteiger charge is 2.13. The molecule has 1 rings (SSSR count). The molecule has 0 aliphatic carbocycles. The molecule has 0 aliphatic heterocycles. The molecule has 0 spiro atoms. The summed E-state index contributed by atoms with van der Waals surface area (Å²) in [6.45, 7) is 9.79. The lowest BCUT2D eigenvalue weighted by molar-refractivity contribution is 0.566. The Balaban J connectivity index is 2.49. The van der Waals surface area contributed by atoms with Gasteiger partial charge in [0.05, 0.1) is 0 Å². The monoisotopic (exact) mass is 281 g/mol. The molecule has 0 saturated carbocycles. The minimum atomic E-state index is -0.678. The van der Waals surface area contributed by atoms with Crippen LogP contribution in [0.1, 0.15) is 51.3 Å². The SMILES string of the molecule is CC(NCCCS(C)=O)c1ccc(C(C)(C)C)cc1. The third kappa shape index (κ3) is 5.87. The Hall–Kier alpha value is -0.670. The van der Waals surface area contributed by atoms with Crippen LogP contribution < -0.4 is 5.32 Å². The predicted molar refractivity (Wildman–Crippen MR) is 85.1 cm³/mol. The molecule has 3 heteroatoms. The van der Waals surface area contributed by atoms with Crippen LogP contribution in [0, 0.1) is 0 Å². The van der Waals surface area contributed by atoms with Crippen molar-refractivity contribution in [1.29, 1.82) is 0 Å². The molecule has 0 heterocycles. The number of hydrogen-bond acceptors (Lipinski definition) is 2. The third-order valence-electron chi connectivity index (χ3n) is 3.34. The van der Waals surface area contributed by atoms with Gasteiger partial charge in [0.25, 0.3) is 0 Å². The molecule has 2 nitrogen and oxygen atoms in total. The van der Waals surface area contributed by atoms with E-state index in [1.54, 1.807) is 6.26 Å². The van der Waals surface area contributed by atoms with E-state index in [0.717, 1.165) is 18.7 Å². The predicted octanol–water partition coefficient (Wildman–Crippen LogP) is 3.40. The number of nitrogens with one attached hydrogen (secondary N) is 1. The van der Waals surface area contributed by atoms with E-state index in [0.29, 0.717) is 6.04 Å². The molecular weight excluding hydrogens is 254 g/mol. The minimum Gasteiger partial charge on any atom is -0.310 e. The van der Waals surface area contributed by atoms with E-state index >= 15 is 0 Å². The lowest BCUT2D eigenvalue weighted by atomic mass is 9.86. The van der Waals surface area contributed by atoms with Crippen molar-refractivity contribution in [3.63, 3.8) is 0 Å². The average molecular weight is 281 g/mol. The van der Waals surface area contributed by atoms with Crippen LogP contribution in [0.2, 0.25) is 0 Å². The third-order valence-corrected chi connectivity index (χ3v) is 4.20. The summed E-state index contributed by atoms with van der Waals surface area (Å²) in [5.74, 6) is 0.780. The number of benzene rings is 1. The first kappa shape index (κ1) is 16.4. The molecule has 0 fully saturated rings. The summed E-state index contributed by atoms with van der Waals surface area (Å²) in [6, 6.07) is 9.19. The highest BCUT2D eigenvalue weighted by molar-refractivity contribution is 7.84. The van der Waals surface area contributed by atoms with Crippen LogP contribution in [0.15, 0.2) is 24.3 Å². The maximum absolute atomic E-state index is 11.0. The molecule has 108 valence electrons. The van der Waals surface area contributed by atoms with Crippen LogP contribution in [0.4, 0.5) is 0 Å². The van der Waals surface area contributed by atoms with Gasteiger partial charge in [0.1, 0.15) is 0 Å². The first-order valence-electron chi connectivity index (χ1n) is 6.94. The molecule has 0 aliphatic rings. The zero-order valence-electron chi connectivity index (χ0n) is 12.8. The van der Waals surface area contributed by atoms with Gasteiger partial charge < -0.3 is 5.32 Å². The van der Waals surface area contributed by atoms with Crippen LogP contribution in [-0.4, -0.2) is 22.8 Å². The molecular formula is C16H27NOS. The van der Waals surface area contributed by atoms with Crippen molar-refractivity contribution in [3.8, 4) is 0 Å². The highest BCUT2D eigenvalue weighted by Crippen LogP contribution is 2.23. The van der Waals surface area contributed by atoms with Crippen LogP contribution in [0.5, 0.6) is 0 Å². The first-order valence-corrected chi connectivity index (χ1v) is 8.67. The molecule has 19 heavy (non-hydrogen) atoms. The fourth-order valence-corrected chi connectivity index (χ4v) is 2.53. The Morgan fingerprint density at radius 3 is 2.26 bits per heavy atom. The van der Waals surface area contributed by atoms with Gasteiger partial charge in [-0.1, -0.05) is 45.0 Å². The van der Waals surface area contributed by atoms with Crippen LogP contribution in [0.25, 0.3) is 0 Å². The summed E-state index contributed by atoms with van der Waals surface area (Å²) in [6.07, 6.45) is 2.72. The van der Waals surface area contributed by atoms with Crippen LogP contribution >= 0.6 is 0 Å². The van der Waals surface area contributed by atoms with Gasteiger partial charge in [-0.2, -0.15) is 0 Å². The number of hydrogen-bond donors (Lipinski definition) is 1. The second-order valence-corrected chi connectivity index (χ2v) is 7.73. The van der Waals surface area contributed by atoms with Crippen molar-refractivity contribution in [1.82, 2.24) is 5.32 Å². The molecule has 0 amide bonds. The van der Waals surface area contributed by atoms with Crippen molar-refractivity contribution in [3.05, 3.63) is 35.4 Å². The maximum Gasteiger partial charge on any atom is 0.0291 e. The second-order valence-electron chi connectivity index (χ2n) is 6.18. The summed E-state index contributed by atoms with van der Waals surface area (Å²) in [7, 11) is -0.678. The van der Waals surface area contributed by atoms with Gasteiger partial charge >= 0.3 is 0 Å². The zero-order chi connectivity index (χ0) is 14.5. The molecule has 0 saturated heterocycles. The Kier molecular flexibility index (Phi) is 6.21. The van der Waals surface area contributed by atoms with Gasteiger partial charge in [0.2, 0.25) is 0 Å². The lowest BCUT2D eigenvalue weighted by Gasteiger charge is -2.20. The zero-order valence-corrected chi connectivity index (χ0v) is 13.6. The van der Waals surface area contributed by atoms with Crippen molar-refractivity contribution in [2.24, 2.45) is 0 Å². The Morgan fingerprint density at radius 1 is 1.21 bits per heavy atom. The number of rotatable bonds is 6. The molecule has 1 aromatic carbocycles. The summed E-state index contributed by atoms with van der Waals surface area (Å²) in [4.78, 5) is 0. The van der Waals surface area contributed by atoms with Gasteiger partial charge in [-0.15, -0.1) is 0 Å². The van der Waals surface area contributed by atoms with Crippen LogP contribution in [0.3, 0.4) is 0 Å². The molecule has 0 radical (unpaired) electrons. The van der Waals surface area contributed by atoms with Crippen molar-refractivity contribution in [2.45, 2.75) is 45.6 Å². The molecule has 1 aromatic rings. The lowest BCUT2D eigenvalue weighted by Crippen LogP contribution is -2.21. The quantitative estimate of drug-likeness (QED) is 0.810. The van der Waals surface area contributed by atoms with Gasteiger partial charge in [-0.05, 0) is 36.4 Å². The fourth-order valence-electron chi connectivity index (χ4n) is 1.98. The van der Waals surface area contributed by atoms with Crippen LogP contribution in [-0.2, 0) is 16.2 Å². The largest absolute Gasteiger partial charge is 0.310 e. The van der Waals surface area contributed by atoms with Gasteiger partial charge in [-0.3, -0.25) is 4.21 Å². The normalized spacial score (nSPS) is 15.2. The van der Waals surface area contributed by atoms with Crippen molar-refractivity contribution < 1.29 is 4.21 Å². The Labute approximate surface area is 120 Å². The standard InChI is InChI=1S/C16H27NOS/c1-13(17-11-6-12-19(5)18)14-7-9-15(10-8-14)16(2,3)4/h7-10,13,17H,6,11-12H2,1-5H3. The van der Waals surface area contributed by atoms with E-state index in [1.165, 1.54) is 11.1 Å². The van der Waals surface area contributed by atoms with E-state index in [4.69, 9.17) is 0 Å². The van der Waals surface area contributed by atoms with E-state index in [2.05, 4.69) is 57.3 Å². The van der Waals surface area contributed by atoms with Crippen molar-refractivity contribution in [2.75, 3.05) is 18.6 Å². The first-order chi connectivity index (χ1) is 8.80. The molecule has 2 unspecified atom stereocenters. The van der Waals surface area contributed by atoms with Gasteiger partial charge in [0, 0.05) is 28.9 Å². The second kappa shape index (κ2) is 7.20. The van der Waals surface area contributed by atoms with E-state index in [1.807, 2.05) is 0 Å². The Morgan fingerprint density at radius 2 is 1.79 bits per heavy atom. The molecule has 1 N–H and O–H groups in total. The average Bonchev–Trinajstić information content (AvgIpc) is 2.33. The van der Waals surface area contributed by atoms with Gasteiger partial charge in [-0.25, -0.2) is 0 Å². The highest BCUT2D eigenvalue weighted by atomic mass is 32.2. The van der Waals surface area contributed by atoms with E-state index < -0.39 is 10.8 Å².